The molecular weight excluding hydrogens is 554 g/mol. The van der Waals surface area contributed by atoms with Crippen molar-refractivity contribution in [2.24, 2.45) is 5.41 Å². The van der Waals surface area contributed by atoms with Crippen molar-refractivity contribution in [3.05, 3.63) is 54.1 Å². The number of fused-ring (bicyclic) bond motifs is 1. The van der Waals surface area contributed by atoms with E-state index < -0.39 is 9.84 Å². The van der Waals surface area contributed by atoms with Crippen molar-refractivity contribution < 1.29 is 27.5 Å². The Kier molecular flexibility index (Phi) is 11.7. The first-order valence-electron chi connectivity index (χ1n) is 15.2. The number of carbonyl (C=O) groups is 2. The number of likely N-dealkylation sites (tertiary alicyclic amines) is 1. The van der Waals surface area contributed by atoms with Crippen LogP contribution in [0.1, 0.15) is 57.4 Å². The second kappa shape index (κ2) is 15.4. The molecule has 1 saturated heterocycles. The molecule has 2 heterocycles. The zero-order chi connectivity index (χ0) is 29.8. The van der Waals surface area contributed by atoms with Crippen molar-refractivity contribution in [3.8, 4) is 11.5 Å². The first-order valence-corrected chi connectivity index (χ1v) is 16.9. The van der Waals surface area contributed by atoms with Crippen LogP contribution in [-0.2, 0) is 25.8 Å². The van der Waals surface area contributed by atoms with Crippen molar-refractivity contribution in [3.63, 3.8) is 0 Å². The van der Waals surface area contributed by atoms with Crippen molar-refractivity contribution >= 4 is 21.7 Å². The van der Waals surface area contributed by atoms with Gasteiger partial charge in [-0.05, 0) is 88.0 Å². The molecule has 2 aromatic carbocycles. The first-order chi connectivity index (χ1) is 20.3. The Morgan fingerprint density at radius 3 is 2.57 bits per heavy atom. The Morgan fingerprint density at radius 1 is 1.05 bits per heavy atom. The van der Waals surface area contributed by atoms with Gasteiger partial charge in [-0.3, -0.25) is 9.59 Å². The summed E-state index contributed by atoms with van der Waals surface area (Å²) in [5.74, 6) is 1.12. The van der Waals surface area contributed by atoms with E-state index in [1.165, 1.54) is 17.7 Å². The third kappa shape index (κ3) is 8.94. The van der Waals surface area contributed by atoms with Crippen molar-refractivity contribution in [1.29, 1.82) is 0 Å². The van der Waals surface area contributed by atoms with Crippen LogP contribution in [0.4, 0.5) is 0 Å². The van der Waals surface area contributed by atoms with Crippen LogP contribution in [0, 0.1) is 5.41 Å². The monoisotopic (exact) mass is 599 g/mol. The van der Waals surface area contributed by atoms with Crippen LogP contribution in [0.25, 0.3) is 0 Å². The van der Waals surface area contributed by atoms with Crippen LogP contribution in [-0.4, -0.2) is 76.8 Å². The van der Waals surface area contributed by atoms with Gasteiger partial charge in [0.05, 0.1) is 29.2 Å². The van der Waals surface area contributed by atoms with E-state index in [1.807, 2.05) is 25.1 Å². The van der Waals surface area contributed by atoms with E-state index in [9.17, 15) is 18.0 Å². The maximum atomic E-state index is 13.4. The highest BCUT2D eigenvalue weighted by atomic mass is 32.2. The lowest BCUT2D eigenvalue weighted by molar-refractivity contribution is -0.134. The smallest absolute Gasteiger partial charge is 0.226 e. The van der Waals surface area contributed by atoms with Gasteiger partial charge in [0.15, 0.2) is 9.84 Å². The summed E-state index contributed by atoms with van der Waals surface area (Å²) in [5.41, 5.74) is 0.864. The lowest BCUT2D eigenvalue weighted by Gasteiger charge is -2.41. The summed E-state index contributed by atoms with van der Waals surface area (Å²) in [6, 6.07) is 14.4. The van der Waals surface area contributed by atoms with Crippen LogP contribution in [0.2, 0.25) is 0 Å². The molecule has 0 atom stereocenters. The molecule has 230 valence electrons. The van der Waals surface area contributed by atoms with Crippen LogP contribution in [0.3, 0.4) is 0 Å². The van der Waals surface area contributed by atoms with E-state index in [0.717, 1.165) is 63.8 Å². The van der Waals surface area contributed by atoms with Gasteiger partial charge in [-0.2, -0.15) is 0 Å². The maximum Gasteiger partial charge on any atom is 0.226 e. The molecule has 2 amide bonds. The molecular formula is C32H45N3O6S. The first kappa shape index (κ1) is 31.8. The molecule has 0 unspecified atom stereocenters. The number of para-hydroxylation sites is 1. The Hall–Kier alpha value is -3.11. The second-order valence-corrected chi connectivity index (χ2v) is 13.3. The van der Waals surface area contributed by atoms with Gasteiger partial charge in [0, 0.05) is 19.5 Å². The highest BCUT2D eigenvalue weighted by Gasteiger charge is 2.40. The summed E-state index contributed by atoms with van der Waals surface area (Å²) in [4.78, 5) is 28.2. The Morgan fingerprint density at radius 2 is 1.81 bits per heavy atom. The number of nitrogens with one attached hydrogen (secondary N) is 2. The number of amides is 2. The molecule has 2 N–H and O–H groups in total. The molecule has 2 aliphatic heterocycles. The van der Waals surface area contributed by atoms with Crippen LogP contribution in [0.5, 0.6) is 11.5 Å². The predicted octanol–water partition coefficient (Wildman–Crippen LogP) is 3.76. The van der Waals surface area contributed by atoms with Gasteiger partial charge in [0.2, 0.25) is 11.8 Å². The zero-order valence-corrected chi connectivity index (χ0v) is 25.6. The van der Waals surface area contributed by atoms with E-state index in [2.05, 4.69) is 21.6 Å². The molecule has 0 aromatic heterocycles. The minimum Gasteiger partial charge on any atom is -0.494 e. The van der Waals surface area contributed by atoms with Gasteiger partial charge >= 0.3 is 0 Å². The summed E-state index contributed by atoms with van der Waals surface area (Å²) >= 11 is 0. The molecule has 1 spiro atoms. The highest BCUT2D eigenvalue weighted by Crippen LogP contribution is 2.37. The summed E-state index contributed by atoms with van der Waals surface area (Å²) < 4.78 is 36.6. The number of carbonyl (C=O) groups excluding carboxylic acids is 2. The van der Waals surface area contributed by atoms with Crippen LogP contribution in [0.15, 0.2) is 53.4 Å². The standard InChI is InChI=1S/C32H45N3O6S/c1-2-40-27-11-13-28(14-12-27)42(38,39)25-15-30(36)33-19-23-35-21-17-32(18-22-35)16-7-3-4-8-26-9-5-6-10-29(26)41-24-20-34-31(32)37/h5-6,9-14H,2-4,7-8,15-25H2,1H3,(H,33,36)(H,34,37). The molecule has 4 rings (SSSR count). The molecule has 0 bridgehead atoms. The average Bonchev–Trinajstić information content (AvgIpc) is 3.00. The highest BCUT2D eigenvalue weighted by molar-refractivity contribution is 7.91. The number of hydrogen-bond acceptors (Lipinski definition) is 7. The molecule has 0 saturated carbocycles. The number of rotatable bonds is 9. The third-order valence-electron chi connectivity index (χ3n) is 8.36. The normalized spacial score (nSPS) is 18.4. The second-order valence-electron chi connectivity index (χ2n) is 11.2. The summed E-state index contributed by atoms with van der Waals surface area (Å²) in [5, 5.41) is 6.00. The van der Waals surface area contributed by atoms with Crippen LogP contribution < -0.4 is 20.1 Å². The van der Waals surface area contributed by atoms with E-state index in [0.29, 0.717) is 38.6 Å². The fourth-order valence-corrected chi connectivity index (χ4v) is 7.05. The van der Waals surface area contributed by atoms with Gasteiger partial charge in [0.25, 0.3) is 0 Å². The van der Waals surface area contributed by atoms with Crippen molar-refractivity contribution in [1.82, 2.24) is 15.5 Å². The molecule has 0 radical (unpaired) electrons. The predicted molar refractivity (Wildman–Crippen MR) is 163 cm³/mol. The SMILES string of the molecule is CCOc1ccc(S(=O)(=O)CCC(=O)NCCN2CCC3(CCCCCc4ccccc4OCCNC3=O)CC2)cc1. The van der Waals surface area contributed by atoms with Crippen molar-refractivity contribution in [2.75, 3.05) is 51.7 Å². The Bertz CT molecular complexity index is 1270. The Labute approximate surface area is 250 Å². The van der Waals surface area contributed by atoms with Gasteiger partial charge in [-0.25, -0.2) is 8.42 Å². The number of nitrogens with zero attached hydrogens (tertiary/aromatic N) is 1. The van der Waals surface area contributed by atoms with Crippen molar-refractivity contribution in [2.45, 2.75) is 63.2 Å². The molecule has 9 nitrogen and oxygen atoms in total. The van der Waals surface area contributed by atoms with Crippen LogP contribution >= 0.6 is 0 Å². The van der Waals surface area contributed by atoms with E-state index in [-0.39, 0.29) is 34.3 Å². The fraction of sp³-hybridized carbons (Fsp3) is 0.562. The average molecular weight is 600 g/mol. The lowest BCUT2D eigenvalue weighted by Crippen LogP contribution is -2.50. The molecule has 1 fully saturated rings. The topological polar surface area (TPSA) is 114 Å². The molecule has 10 heteroatoms. The number of hydrogen-bond donors (Lipinski definition) is 2. The number of ether oxygens (including phenoxy) is 2. The number of piperidine rings is 1. The van der Waals surface area contributed by atoms with Gasteiger partial charge < -0.3 is 25.0 Å². The van der Waals surface area contributed by atoms with Gasteiger partial charge in [0.1, 0.15) is 18.1 Å². The molecule has 2 aromatic rings. The maximum absolute atomic E-state index is 13.4. The molecule has 0 aliphatic carbocycles. The summed E-state index contributed by atoms with van der Waals surface area (Å²) in [6.45, 7) is 5.99. The van der Waals surface area contributed by atoms with Gasteiger partial charge in [-0.1, -0.05) is 31.0 Å². The number of benzene rings is 2. The number of aryl methyl sites for hydroxylation is 1. The van der Waals surface area contributed by atoms with E-state index in [4.69, 9.17) is 9.47 Å². The van der Waals surface area contributed by atoms with Gasteiger partial charge in [-0.15, -0.1) is 0 Å². The minimum absolute atomic E-state index is 0.0897. The molecule has 42 heavy (non-hydrogen) atoms. The lowest BCUT2D eigenvalue weighted by atomic mass is 9.73. The summed E-state index contributed by atoms with van der Waals surface area (Å²) in [6.07, 6.45) is 6.52. The van der Waals surface area contributed by atoms with E-state index >= 15 is 0 Å². The van der Waals surface area contributed by atoms with E-state index in [1.54, 1.807) is 12.1 Å². The third-order valence-corrected chi connectivity index (χ3v) is 10.1. The summed E-state index contributed by atoms with van der Waals surface area (Å²) in [7, 11) is -3.56. The number of sulfone groups is 1. The minimum atomic E-state index is -3.56. The Balaban J connectivity index is 1.19. The fourth-order valence-electron chi connectivity index (χ4n) is 5.81. The quantitative estimate of drug-likeness (QED) is 0.451. The molecule has 2 aliphatic rings. The largest absolute Gasteiger partial charge is 0.494 e. The zero-order valence-electron chi connectivity index (χ0n) is 24.7.